The maximum Gasteiger partial charge on any atom is 0.298 e. The highest BCUT2D eigenvalue weighted by Crippen LogP contribution is 2.25. The van der Waals surface area contributed by atoms with Crippen LogP contribution < -0.4 is 0 Å². The lowest BCUT2D eigenvalue weighted by Gasteiger charge is -2.00. The van der Waals surface area contributed by atoms with Gasteiger partial charge in [0, 0.05) is 11.8 Å². The summed E-state index contributed by atoms with van der Waals surface area (Å²) in [6.45, 7) is 0. The van der Waals surface area contributed by atoms with Gasteiger partial charge in [-0.1, -0.05) is 0 Å². The van der Waals surface area contributed by atoms with Crippen LogP contribution in [0.15, 0.2) is 12.3 Å². The Bertz CT molecular complexity index is 525. The van der Waals surface area contributed by atoms with Crippen molar-refractivity contribution in [3.63, 3.8) is 0 Å². The van der Waals surface area contributed by atoms with Crippen LogP contribution >= 0.6 is 0 Å². The fourth-order valence-corrected chi connectivity index (χ4v) is 1.24. The molecular weight excluding hydrogens is 230 g/mol. The van der Waals surface area contributed by atoms with Crippen LogP contribution in [-0.4, -0.2) is 19.9 Å². The van der Waals surface area contributed by atoms with Crippen LogP contribution in [-0.2, 0) is 0 Å². The number of rotatable bonds is 2. The number of hydrogen-bond acceptors (Lipinski definition) is 3. The molecule has 2 aromatic heterocycles. The summed E-state index contributed by atoms with van der Waals surface area (Å²) >= 11 is 0. The number of alkyl halides is 4. The molecule has 0 saturated heterocycles. The largest absolute Gasteiger partial charge is 0.426 e. The van der Waals surface area contributed by atoms with Crippen LogP contribution in [0.25, 0.3) is 11.2 Å². The second-order valence-electron chi connectivity index (χ2n) is 2.99. The van der Waals surface area contributed by atoms with Crippen LogP contribution in [0.3, 0.4) is 0 Å². The van der Waals surface area contributed by atoms with E-state index < -0.39 is 24.2 Å². The molecule has 0 radical (unpaired) electrons. The molecule has 0 aliphatic heterocycles. The molecule has 1 N–H and O–H groups in total. The van der Waals surface area contributed by atoms with E-state index in [0.29, 0.717) is 0 Å². The monoisotopic (exact) mass is 235 g/mol. The third-order valence-corrected chi connectivity index (χ3v) is 1.98. The molecule has 86 valence electrons. The zero-order valence-electron chi connectivity index (χ0n) is 7.61. The second kappa shape index (κ2) is 3.62. The Labute approximate surface area is 86.1 Å². The van der Waals surface area contributed by atoms with E-state index in [-0.39, 0.29) is 15.9 Å². The lowest BCUT2D eigenvalue weighted by atomic mass is 10.3. The quantitative estimate of drug-likeness (QED) is 0.642. The van der Waals surface area contributed by atoms with Crippen molar-refractivity contribution in [2.75, 3.05) is 0 Å². The van der Waals surface area contributed by atoms with Crippen LogP contribution in [0.4, 0.5) is 17.6 Å². The van der Waals surface area contributed by atoms with Crippen molar-refractivity contribution in [3.05, 3.63) is 23.7 Å². The summed E-state index contributed by atoms with van der Waals surface area (Å²) in [5.41, 5.74) is -0.946. The molecule has 0 atom stereocenters. The summed E-state index contributed by atoms with van der Waals surface area (Å²) in [7, 11) is 0. The van der Waals surface area contributed by atoms with Crippen LogP contribution in [0.1, 0.15) is 24.2 Å². The summed E-state index contributed by atoms with van der Waals surface area (Å²) in [4.78, 5) is 6.78. The first-order chi connectivity index (χ1) is 7.50. The van der Waals surface area contributed by atoms with E-state index >= 15 is 0 Å². The molecule has 0 unspecified atom stereocenters. The molecule has 0 spiro atoms. The Morgan fingerprint density at radius 1 is 1.19 bits per heavy atom. The average Bonchev–Trinajstić information content (AvgIpc) is 2.56. The highest BCUT2D eigenvalue weighted by molar-refractivity contribution is 5.71. The Balaban J connectivity index is 2.64. The van der Waals surface area contributed by atoms with Gasteiger partial charge in [0.2, 0.25) is 5.82 Å². The van der Waals surface area contributed by atoms with Gasteiger partial charge in [0.05, 0.1) is 0 Å². The fourth-order valence-electron chi connectivity index (χ4n) is 1.24. The number of pyridine rings is 1. The van der Waals surface area contributed by atoms with E-state index in [1.54, 1.807) is 0 Å². The maximum atomic E-state index is 12.3. The number of halogens is 4. The zero-order valence-corrected chi connectivity index (χ0v) is 7.61. The van der Waals surface area contributed by atoms with Crippen molar-refractivity contribution in [1.29, 1.82) is 0 Å². The predicted octanol–water partition coefficient (Wildman–Crippen LogP) is 2.54. The van der Waals surface area contributed by atoms with Crippen molar-refractivity contribution in [2.24, 2.45) is 0 Å². The lowest BCUT2D eigenvalue weighted by Crippen LogP contribution is -1.99. The van der Waals surface area contributed by atoms with Crippen molar-refractivity contribution < 1.29 is 22.8 Å². The van der Waals surface area contributed by atoms with Gasteiger partial charge in [-0.15, -0.1) is 0 Å². The summed E-state index contributed by atoms with van der Waals surface area (Å²) in [5.74, 6) is -0.922. The molecule has 0 aliphatic carbocycles. The lowest BCUT2D eigenvalue weighted by molar-refractivity contribution is 0.0947. The first kappa shape index (κ1) is 10.7. The standard InChI is InChI=1S/C8H5F4N3O/c9-5(10)3-1-4-7(13-2-3)14-8(6(11)12)15(4)16/h1-2,5-6,16H. The van der Waals surface area contributed by atoms with E-state index in [1.807, 2.05) is 0 Å². The number of hydrogen-bond donors (Lipinski definition) is 1. The van der Waals surface area contributed by atoms with Gasteiger partial charge in [-0.05, 0) is 6.07 Å². The van der Waals surface area contributed by atoms with Crippen molar-refractivity contribution in [1.82, 2.24) is 14.7 Å². The van der Waals surface area contributed by atoms with Gasteiger partial charge < -0.3 is 5.21 Å². The molecule has 0 aliphatic rings. The number of nitrogens with zero attached hydrogens (tertiary/aromatic N) is 3. The molecule has 0 amide bonds. The molecule has 2 rings (SSSR count). The fraction of sp³-hybridized carbons (Fsp3) is 0.250. The van der Waals surface area contributed by atoms with Gasteiger partial charge in [-0.2, -0.15) is 4.73 Å². The molecular formula is C8H5F4N3O. The molecule has 2 heterocycles. The number of imidazole rings is 1. The molecule has 0 bridgehead atoms. The smallest absolute Gasteiger partial charge is 0.298 e. The van der Waals surface area contributed by atoms with E-state index in [0.717, 1.165) is 12.3 Å². The average molecular weight is 235 g/mol. The van der Waals surface area contributed by atoms with Gasteiger partial charge in [-0.3, -0.25) is 0 Å². The third kappa shape index (κ3) is 1.55. The normalized spacial score (nSPS) is 11.9. The Morgan fingerprint density at radius 2 is 1.88 bits per heavy atom. The topological polar surface area (TPSA) is 50.9 Å². The number of fused-ring (bicyclic) bond motifs is 1. The molecule has 8 heteroatoms. The van der Waals surface area contributed by atoms with Crippen LogP contribution in [0.5, 0.6) is 0 Å². The molecule has 4 nitrogen and oxygen atoms in total. The van der Waals surface area contributed by atoms with Crippen molar-refractivity contribution >= 4 is 11.2 Å². The Kier molecular flexibility index (Phi) is 2.41. The SMILES string of the molecule is On1c(C(F)F)nc2ncc(C(F)F)cc21. The van der Waals surface area contributed by atoms with E-state index in [2.05, 4.69) is 9.97 Å². The summed E-state index contributed by atoms with van der Waals surface area (Å²) in [6.07, 6.45) is -4.97. The van der Waals surface area contributed by atoms with Gasteiger partial charge >= 0.3 is 0 Å². The van der Waals surface area contributed by atoms with E-state index in [4.69, 9.17) is 0 Å². The van der Waals surface area contributed by atoms with Crippen molar-refractivity contribution in [3.8, 4) is 0 Å². The molecule has 0 fully saturated rings. The van der Waals surface area contributed by atoms with Gasteiger partial charge in [0.1, 0.15) is 5.52 Å². The van der Waals surface area contributed by atoms with Gasteiger partial charge in [-0.25, -0.2) is 27.5 Å². The zero-order chi connectivity index (χ0) is 11.9. The molecule has 0 saturated carbocycles. The van der Waals surface area contributed by atoms with Crippen LogP contribution in [0.2, 0.25) is 0 Å². The number of aromatic nitrogens is 3. The maximum absolute atomic E-state index is 12.3. The minimum Gasteiger partial charge on any atom is -0.426 e. The Morgan fingerprint density at radius 3 is 2.44 bits per heavy atom. The third-order valence-electron chi connectivity index (χ3n) is 1.98. The van der Waals surface area contributed by atoms with E-state index in [9.17, 15) is 22.8 Å². The highest BCUT2D eigenvalue weighted by Gasteiger charge is 2.20. The summed E-state index contributed by atoms with van der Waals surface area (Å²) < 4.78 is 49.3. The summed E-state index contributed by atoms with van der Waals surface area (Å²) in [6, 6.07) is 0.867. The molecule has 0 aromatic carbocycles. The highest BCUT2D eigenvalue weighted by atomic mass is 19.3. The first-order valence-corrected chi connectivity index (χ1v) is 4.14. The molecule has 2 aromatic rings. The van der Waals surface area contributed by atoms with Gasteiger partial charge in [0.25, 0.3) is 12.9 Å². The second-order valence-corrected chi connectivity index (χ2v) is 2.99. The minimum atomic E-state index is -3.01. The summed E-state index contributed by atoms with van der Waals surface area (Å²) in [5, 5.41) is 9.26. The minimum absolute atomic E-state index is 0.0683. The predicted molar refractivity (Wildman–Crippen MR) is 44.6 cm³/mol. The van der Waals surface area contributed by atoms with Crippen LogP contribution in [0, 0.1) is 0 Å². The van der Waals surface area contributed by atoms with Crippen molar-refractivity contribution in [2.45, 2.75) is 12.9 Å². The van der Waals surface area contributed by atoms with E-state index in [1.165, 1.54) is 0 Å². The Hall–Kier alpha value is -1.86. The first-order valence-electron chi connectivity index (χ1n) is 4.14. The molecule has 16 heavy (non-hydrogen) atoms. The van der Waals surface area contributed by atoms with Gasteiger partial charge in [0.15, 0.2) is 5.65 Å².